The molecule has 3 aromatic rings. The Morgan fingerprint density at radius 2 is 2.13 bits per heavy atom. The number of carbonyl (C=O) groups is 1. The molecule has 0 bridgehead atoms. The number of fused-ring (bicyclic) bond motifs is 1. The highest BCUT2D eigenvalue weighted by molar-refractivity contribution is 7.18. The van der Waals surface area contributed by atoms with Crippen molar-refractivity contribution in [1.29, 1.82) is 0 Å². The summed E-state index contributed by atoms with van der Waals surface area (Å²) in [5.41, 5.74) is 3.46. The zero-order valence-electron chi connectivity index (χ0n) is 13.5. The van der Waals surface area contributed by atoms with Crippen molar-refractivity contribution >= 4 is 33.3 Å². The van der Waals surface area contributed by atoms with E-state index >= 15 is 0 Å². The third-order valence-corrected chi connectivity index (χ3v) is 4.60. The van der Waals surface area contributed by atoms with Gasteiger partial charge in [-0.25, -0.2) is 9.78 Å². The number of nitrogens with zero attached hydrogens (tertiary/aromatic N) is 3. The summed E-state index contributed by atoms with van der Waals surface area (Å²) in [5, 5.41) is 7.83. The lowest BCUT2D eigenvalue weighted by molar-refractivity contribution is 0.220. The molecule has 120 valence electrons. The molecule has 1 aromatic carbocycles. The Morgan fingerprint density at radius 3 is 2.83 bits per heavy atom. The highest BCUT2D eigenvalue weighted by Crippen LogP contribution is 2.25. The summed E-state index contributed by atoms with van der Waals surface area (Å²) in [5.74, 6) is 0.740. The van der Waals surface area contributed by atoms with E-state index in [4.69, 9.17) is 4.52 Å². The second-order valence-corrected chi connectivity index (χ2v) is 6.74. The number of nitrogens with one attached hydrogen (secondary N) is 1. The van der Waals surface area contributed by atoms with E-state index in [-0.39, 0.29) is 6.03 Å². The molecule has 0 aliphatic carbocycles. The third kappa shape index (κ3) is 3.19. The summed E-state index contributed by atoms with van der Waals surface area (Å²) < 4.78 is 6.19. The summed E-state index contributed by atoms with van der Waals surface area (Å²) in [6.07, 6.45) is 0. The minimum absolute atomic E-state index is 0.175. The van der Waals surface area contributed by atoms with Gasteiger partial charge in [-0.3, -0.25) is 0 Å². The Bertz CT molecular complexity index is 849. The molecule has 6 nitrogen and oxygen atoms in total. The first-order valence-corrected chi connectivity index (χ1v) is 8.07. The Balaban J connectivity index is 1.72. The average molecular weight is 330 g/mol. The van der Waals surface area contributed by atoms with Crippen molar-refractivity contribution < 1.29 is 9.32 Å². The highest BCUT2D eigenvalue weighted by Gasteiger charge is 2.15. The van der Waals surface area contributed by atoms with Crippen molar-refractivity contribution in [2.75, 3.05) is 12.4 Å². The van der Waals surface area contributed by atoms with Gasteiger partial charge in [0.25, 0.3) is 0 Å². The van der Waals surface area contributed by atoms with Crippen LogP contribution in [0.4, 0.5) is 10.5 Å². The quantitative estimate of drug-likeness (QED) is 0.791. The molecular weight excluding hydrogens is 312 g/mol. The van der Waals surface area contributed by atoms with Gasteiger partial charge in [0.05, 0.1) is 27.5 Å². The van der Waals surface area contributed by atoms with Gasteiger partial charge in [-0.15, -0.1) is 11.3 Å². The van der Waals surface area contributed by atoms with Gasteiger partial charge in [0.2, 0.25) is 0 Å². The average Bonchev–Trinajstić information content (AvgIpc) is 3.02. The molecule has 23 heavy (non-hydrogen) atoms. The van der Waals surface area contributed by atoms with Crippen LogP contribution in [0.1, 0.15) is 22.0 Å². The van der Waals surface area contributed by atoms with Crippen LogP contribution in [-0.2, 0) is 6.54 Å². The van der Waals surface area contributed by atoms with E-state index in [1.807, 2.05) is 39.0 Å². The first-order chi connectivity index (χ1) is 10.9. The number of carbonyl (C=O) groups excluding carboxylic acids is 1. The summed E-state index contributed by atoms with van der Waals surface area (Å²) >= 11 is 1.61. The second kappa shape index (κ2) is 6.00. The zero-order chi connectivity index (χ0) is 16.6. The van der Waals surface area contributed by atoms with Crippen molar-refractivity contribution in [2.24, 2.45) is 0 Å². The van der Waals surface area contributed by atoms with Crippen LogP contribution in [0.2, 0.25) is 0 Å². The molecule has 2 aromatic heterocycles. The van der Waals surface area contributed by atoms with Crippen LogP contribution in [0.5, 0.6) is 0 Å². The minimum Gasteiger partial charge on any atom is -0.361 e. The van der Waals surface area contributed by atoms with Crippen molar-refractivity contribution in [3.8, 4) is 0 Å². The predicted molar refractivity (Wildman–Crippen MR) is 90.8 cm³/mol. The van der Waals surface area contributed by atoms with Gasteiger partial charge >= 0.3 is 6.03 Å². The van der Waals surface area contributed by atoms with Gasteiger partial charge in [0.1, 0.15) is 5.76 Å². The van der Waals surface area contributed by atoms with Gasteiger partial charge in [-0.2, -0.15) is 0 Å². The number of urea groups is 1. The van der Waals surface area contributed by atoms with E-state index in [1.54, 1.807) is 23.3 Å². The van der Waals surface area contributed by atoms with E-state index < -0.39 is 0 Å². The van der Waals surface area contributed by atoms with Crippen LogP contribution >= 0.6 is 11.3 Å². The van der Waals surface area contributed by atoms with E-state index in [1.165, 1.54) is 0 Å². The summed E-state index contributed by atoms with van der Waals surface area (Å²) in [4.78, 5) is 18.4. The Hall–Kier alpha value is -2.41. The summed E-state index contributed by atoms with van der Waals surface area (Å²) in [7, 11) is 1.75. The first kappa shape index (κ1) is 15.5. The van der Waals surface area contributed by atoms with Crippen LogP contribution < -0.4 is 5.32 Å². The Kier molecular flexibility index (Phi) is 4.04. The number of amides is 2. The molecule has 0 spiro atoms. The standard InChI is InChI=1S/C16H18N4O2S/c1-9-13(10(2)22-19-9)8-20(4)16(21)18-12-5-6-14-15(7-12)23-11(3)17-14/h5-7H,8H2,1-4H3,(H,18,21). The normalized spacial score (nSPS) is 11.0. The van der Waals surface area contributed by atoms with Crippen LogP contribution in [-0.4, -0.2) is 28.1 Å². The third-order valence-electron chi connectivity index (χ3n) is 3.67. The number of benzene rings is 1. The van der Waals surface area contributed by atoms with Crippen molar-refractivity contribution in [2.45, 2.75) is 27.3 Å². The lowest BCUT2D eigenvalue weighted by atomic mass is 10.2. The molecule has 2 heterocycles. The molecule has 2 amide bonds. The molecule has 0 saturated carbocycles. The molecule has 0 saturated heterocycles. The van der Waals surface area contributed by atoms with Crippen molar-refractivity contribution in [3.63, 3.8) is 0 Å². The van der Waals surface area contributed by atoms with Crippen LogP contribution in [0, 0.1) is 20.8 Å². The monoisotopic (exact) mass is 330 g/mol. The van der Waals surface area contributed by atoms with Crippen LogP contribution in [0.3, 0.4) is 0 Å². The maximum atomic E-state index is 12.4. The lowest BCUT2D eigenvalue weighted by Gasteiger charge is -2.17. The number of rotatable bonds is 3. The van der Waals surface area contributed by atoms with Gasteiger partial charge in [0.15, 0.2) is 0 Å². The fourth-order valence-electron chi connectivity index (χ4n) is 2.37. The fourth-order valence-corrected chi connectivity index (χ4v) is 3.24. The first-order valence-electron chi connectivity index (χ1n) is 7.25. The van der Waals surface area contributed by atoms with E-state index in [2.05, 4.69) is 15.5 Å². The van der Waals surface area contributed by atoms with Crippen LogP contribution in [0.25, 0.3) is 10.2 Å². The van der Waals surface area contributed by atoms with Crippen molar-refractivity contribution in [1.82, 2.24) is 15.0 Å². The van der Waals surface area contributed by atoms with E-state index in [9.17, 15) is 4.79 Å². The molecule has 7 heteroatoms. The lowest BCUT2D eigenvalue weighted by Crippen LogP contribution is -2.31. The number of hydrogen-bond acceptors (Lipinski definition) is 5. The number of hydrogen-bond donors (Lipinski definition) is 1. The Morgan fingerprint density at radius 1 is 1.35 bits per heavy atom. The second-order valence-electron chi connectivity index (χ2n) is 5.50. The molecule has 0 unspecified atom stereocenters. The fraction of sp³-hybridized carbons (Fsp3) is 0.312. The maximum Gasteiger partial charge on any atom is 0.321 e. The van der Waals surface area contributed by atoms with E-state index in [0.717, 1.165) is 37.9 Å². The molecule has 0 fully saturated rings. The molecule has 0 atom stereocenters. The SMILES string of the molecule is Cc1nc2ccc(NC(=O)N(C)Cc3c(C)noc3C)cc2s1. The van der Waals surface area contributed by atoms with E-state index in [0.29, 0.717) is 6.54 Å². The maximum absolute atomic E-state index is 12.4. The van der Waals surface area contributed by atoms with Crippen LogP contribution in [0.15, 0.2) is 22.7 Å². The molecule has 0 radical (unpaired) electrons. The number of thiazole rings is 1. The number of aromatic nitrogens is 2. The summed E-state index contributed by atoms with van der Waals surface area (Å²) in [6.45, 7) is 6.15. The largest absolute Gasteiger partial charge is 0.361 e. The number of anilines is 1. The highest BCUT2D eigenvalue weighted by atomic mass is 32.1. The Labute approximate surface area is 138 Å². The minimum atomic E-state index is -0.175. The molecular formula is C16H18N4O2S. The van der Waals surface area contributed by atoms with Gasteiger partial charge in [0, 0.05) is 18.3 Å². The topological polar surface area (TPSA) is 71.3 Å². The number of aryl methyl sites for hydroxylation is 3. The molecule has 0 aliphatic rings. The molecule has 1 N–H and O–H groups in total. The van der Waals surface area contributed by atoms with Gasteiger partial charge < -0.3 is 14.7 Å². The summed E-state index contributed by atoms with van der Waals surface area (Å²) in [6, 6.07) is 5.55. The zero-order valence-corrected chi connectivity index (χ0v) is 14.3. The molecule has 0 aliphatic heterocycles. The van der Waals surface area contributed by atoms with Gasteiger partial charge in [-0.1, -0.05) is 5.16 Å². The van der Waals surface area contributed by atoms with Gasteiger partial charge in [-0.05, 0) is 39.0 Å². The smallest absolute Gasteiger partial charge is 0.321 e. The molecule has 3 rings (SSSR count). The predicted octanol–water partition coefficient (Wildman–Crippen LogP) is 3.87. The van der Waals surface area contributed by atoms with Crippen molar-refractivity contribution in [3.05, 3.63) is 40.2 Å².